The topological polar surface area (TPSA) is 125 Å². The van der Waals surface area contributed by atoms with Gasteiger partial charge in [-0.3, -0.25) is 19.5 Å². The molecule has 3 aromatic rings. The number of benzene rings is 1. The summed E-state index contributed by atoms with van der Waals surface area (Å²) in [5.74, 6) is -1.79. The van der Waals surface area contributed by atoms with Crippen LogP contribution in [0.5, 0.6) is 0 Å². The number of carbonyl (C=O) groups excluding carboxylic acids is 2. The number of pyridine rings is 1. The Labute approximate surface area is 166 Å². The summed E-state index contributed by atoms with van der Waals surface area (Å²) in [4.78, 5) is 44.5. The highest BCUT2D eigenvalue weighted by molar-refractivity contribution is 6.06. The number of anilines is 1. The summed E-state index contributed by atoms with van der Waals surface area (Å²) in [6, 6.07) is 11.6. The molecule has 0 saturated heterocycles. The Morgan fingerprint density at radius 1 is 1.21 bits per heavy atom. The minimum Gasteiger partial charge on any atom is -0.480 e. The van der Waals surface area contributed by atoms with Gasteiger partial charge in [0.15, 0.2) is 0 Å². The zero-order valence-electron chi connectivity index (χ0n) is 15.7. The fourth-order valence-electron chi connectivity index (χ4n) is 2.80. The molecule has 0 radical (unpaired) electrons. The summed E-state index contributed by atoms with van der Waals surface area (Å²) in [7, 11) is 0. The van der Waals surface area contributed by atoms with E-state index in [2.05, 4.69) is 15.3 Å². The molecule has 3 rings (SSSR count). The SMILES string of the molecule is C[C@@H](NC(=O)OCc1ccccc1)C(=O)N(CC(=O)O)c1c[nH]c2cccnc12. The van der Waals surface area contributed by atoms with Crippen molar-refractivity contribution < 1.29 is 24.2 Å². The van der Waals surface area contributed by atoms with E-state index in [1.807, 2.05) is 18.2 Å². The van der Waals surface area contributed by atoms with Gasteiger partial charge in [0.1, 0.15) is 24.7 Å². The van der Waals surface area contributed by atoms with Gasteiger partial charge in [0.05, 0.1) is 11.2 Å². The van der Waals surface area contributed by atoms with Crippen molar-refractivity contribution in [3.63, 3.8) is 0 Å². The zero-order chi connectivity index (χ0) is 20.8. The number of aromatic nitrogens is 2. The number of rotatable bonds is 7. The molecular weight excluding hydrogens is 376 g/mol. The Hall–Kier alpha value is -3.88. The minimum atomic E-state index is -1.19. The fraction of sp³-hybridized carbons (Fsp3) is 0.200. The van der Waals surface area contributed by atoms with Gasteiger partial charge in [0, 0.05) is 12.4 Å². The number of amides is 2. The van der Waals surface area contributed by atoms with Crippen LogP contribution in [-0.4, -0.2) is 45.6 Å². The van der Waals surface area contributed by atoms with Gasteiger partial charge in [-0.25, -0.2) is 4.79 Å². The Morgan fingerprint density at radius 3 is 2.69 bits per heavy atom. The van der Waals surface area contributed by atoms with Crippen molar-refractivity contribution in [3.8, 4) is 0 Å². The van der Waals surface area contributed by atoms with Crippen molar-refractivity contribution in [3.05, 3.63) is 60.4 Å². The maximum absolute atomic E-state index is 12.9. The lowest BCUT2D eigenvalue weighted by molar-refractivity contribution is -0.136. The van der Waals surface area contributed by atoms with Gasteiger partial charge in [-0.1, -0.05) is 30.3 Å². The second-order valence-corrected chi connectivity index (χ2v) is 6.32. The molecule has 2 heterocycles. The molecule has 150 valence electrons. The van der Waals surface area contributed by atoms with Crippen molar-refractivity contribution in [2.75, 3.05) is 11.4 Å². The summed E-state index contributed by atoms with van der Waals surface area (Å²) >= 11 is 0. The van der Waals surface area contributed by atoms with Gasteiger partial charge < -0.3 is 20.1 Å². The largest absolute Gasteiger partial charge is 0.480 e. The third-order valence-corrected chi connectivity index (χ3v) is 4.18. The van der Waals surface area contributed by atoms with E-state index in [9.17, 15) is 19.5 Å². The summed E-state index contributed by atoms with van der Waals surface area (Å²) in [5.41, 5.74) is 2.24. The number of hydrogen-bond donors (Lipinski definition) is 3. The van der Waals surface area contributed by atoms with Gasteiger partial charge in [-0.05, 0) is 24.6 Å². The van der Waals surface area contributed by atoms with E-state index >= 15 is 0 Å². The summed E-state index contributed by atoms with van der Waals surface area (Å²) < 4.78 is 5.12. The quantitative estimate of drug-likeness (QED) is 0.563. The lowest BCUT2D eigenvalue weighted by Crippen LogP contribution is -2.48. The number of nitrogens with one attached hydrogen (secondary N) is 2. The number of hydrogen-bond acceptors (Lipinski definition) is 5. The molecule has 2 aromatic heterocycles. The van der Waals surface area contributed by atoms with E-state index in [0.717, 1.165) is 10.5 Å². The standard InChI is InChI=1S/C20H20N4O5/c1-13(23-20(28)29-12-14-6-3-2-4-7-14)19(27)24(11-17(25)26)16-10-22-15-8-5-9-21-18(15)16/h2-10,13,22H,11-12H2,1H3,(H,23,28)(H,25,26)/t13-/m1/s1. The number of ether oxygens (including phenoxy) is 1. The number of H-pyrrole nitrogens is 1. The number of carboxylic acids is 1. The molecule has 1 atom stereocenters. The number of aliphatic carboxylic acids is 1. The molecule has 1 aromatic carbocycles. The monoisotopic (exact) mass is 396 g/mol. The third kappa shape index (κ3) is 4.89. The normalized spacial score (nSPS) is 11.6. The third-order valence-electron chi connectivity index (χ3n) is 4.18. The average Bonchev–Trinajstić information content (AvgIpc) is 3.14. The minimum absolute atomic E-state index is 0.0544. The second-order valence-electron chi connectivity index (χ2n) is 6.32. The van der Waals surface area contributed by atoms with Crippen LogP contribution in [0.4, 0.5) is 10.5 Å². The zero-order valence-corrected chi connectivity index (χ0v) is 15.7. The second kappa shape index (κ2) is 8.87. The Bertz CT molecular complexity index is 1020. The molecule has 29 heavy (non-hydrogen) atoms. The first kappa shape index (κ1) is 19.9. The van der Waals surface area contributed by atoms with Gasteiger partial charge in [0.25, 0.3) is 0 Å². The smallest absolute Gasteiger partial charge is 0.408 e. The molecule has 0 spiro atoms. The van der Waals surface area contributed by atoms with E-state index in [4.69, 9.17) is 4.74 Å². The predicted molar refractivity (Wildman–Crippen MR) is 105 cm³/mol. The highest BCUT2D eigenvalue weighted by Gasteiger charge is 2.27. The molecule has 3 N–H and O–H groups in total. The molecular formula is C20H20N4O5. The molecule has 0 aliphatic carbocycles. The molecule has 9 nitrogen and oxygen atoms in total. The number of carbonyl (C=O) groups is 3. The van der Waals surface area contributed by atoms with Gasteiger partial charge in [0.2, 0.25) is 5.91 Å². The molecule has 2 amide bonds. The first-order chi connectivity index (χ1) is 14.0. The van der Waals surface area contributed by atoms with Crippen molar-refractivity contribution in [2.45, 2.75) is 19.6 Å². The number of fused-ring (bicyclic) bond motifs is 1. The first-order valence-corrected chi connectivity index (χ1v) is 8.88. The summed E-state index contributed by atoms with van der Waals surface area (Å²) in [6.07, 6.45) is 2.28. The maximum atomic E-state index is 12.9. The Kier molecular flexibility index (Phi) is 6.08. The van der Waals surface area contributed by atoms with E-state index < -0.39 is 30.6 Å². The van der Waals surface area contributed by atoms with Crippen LogP contribution < -0.4 is 10.2 Å². The number of alkyl carbamates (subject to hydrolysis) is 1. The van der Waals surface area contributed by atoms with Gasteiger partial charge >= 0.3 is 12.1 Å². The Balaban J connectivity index is 1.70. The number of nitrogens with zero attached hydrogens (tertiary/aromatic N) is 2. The fourth-order valence-corrected chi connectivity index (χ4v) is 2.80. The van der Waals surface area contributed by atoms with E-state index in [1.54, 1.807) is 30.5 Å². The van der Waals surface area contributed by atoms with Crippen molar-refractivity contribution in [1.29, 1.82) is 0 Å². The lowest BCUT2D eigenvalue weighted by Gasteiger charge is -2.23. The van der Waals surface area contributed by atoms with Crippen LogP contribution in [-0.2, 0) is 20.9 Å². The molecule has 0 unspecified atom stereocenters. The van der Waals surface area contributed by atoms with E-state index in [-0.39, 0.29) is 6.61 Å². The molecule has 0 bridgehead atoms. The summed E-state index contributed by atoms with van der Waals surface area (Å²) in [5, 5.41) is 11.7. The van der Waals surface area contributed by atoms with Crippen LogP contribution in [0.3, 0.4) is 0 Å². The van der Waals surface area contributed by atoms with Crippen molar-refractivity contribution in [2.24, 2.45) is 0 Å². The molecule has 0 saturated carbocycles. The molecule has 0 fully saturated rings. The van der Waals surface area contributed by atoms with Gasteiger partial charge in [-0.15, -0.1) is 0 Å². The van der Waals surface area contributed by atoms with E-state index in [1.165, 1.54) is 13.1 Å². The van der Waals surface area contributed by atoms with Crippen molar-refractivity contribution >= 4 is 34.7 Å². The van der Waals surface area contributed by atoms with Crippen LogP contribution in [0.2, 0.25) is 0 Å². The van der Waals surface area contributed by atoms with Crippen molar-refractivity contribution in [1.82, 2.24) is 15.3 Å². The van der Waals surface area contributed by atoms with Crippen LogP contribution in [0, 0.1) is 0 Å². The molecule has 9 heteroatoms. The van der Waals surface area contributed by atoms with Gasteiger partial charge in [-0.2, -0.15) is 0 Å². The van der Waals surface area contributed by atoms with Crippen LogP contribution in [0.25, 0.3) is 11.0 Å². The Morgan fingerprint density at radius 2 is 1.97 bits per heavy atom. The number of carboxylic acid groups (broad SMARTS) is 1. The lowest BCUT2D eigenvalue weighted by atomic mass is 10.2. The number of aromatic amines is 1. The first-order valence-electron chi connectivity index (χ1n) is 8.88. The van der Waals surface area contributed by atoms with Crippen LogP contribution >= 0.6 is 0 Å². The van der Waals surface area contributed by atoms with E-state index in [0.29, 0.717) is 16.7 Å². The summed E-state index contributed by atoms with van der Waals surface area (Å²) in [6.45, 7) is 0.940. The van der Waals surface area contributed by atoms with Crippen LogP contribution in [0.15, 0.2) is 54.9 Å². The highest BCUT2D eigenvalue weighted by atomic mass is 16.5. The van der Waals surface area contributed by atoms with Crippen LogP contribution in [0.1, 0.15) is 12.5 Å². The highest BCUT2D eigenvalue weighted by Crippen LogP contribution is 2.25. The maximum Gasteiger partial charge on any atom is 0.408 e. The molecule has 0 aliphatic rings. The molecule has 0 aliphatic heterocycles. The predicted octanol–water partition coefficient (Wildman–Crippen LogP) is 2.30. The average molecular weight is 396 g/mol.